The van der Waals surface area contributed by atoms with Crippen molar-refractivity contribution in [3.63, 3.8) is 0 Å². The number of nitrogens with zero attached hydrogens (tertiary/aromatic N) is 2. The van der Waals surface area contributed by atoms with Gasteiger partial charge in [-0.25, -0.2) is 0 Å². The van der Waals surface area contributed by atoms with Crippen LogP contribution in [0.1, 0.15) is 5.69 Å². The molecule has 3 rings (SSSR count). The van der Waals surface area contributed by atoms with E-state index in [1.807, 2.05) is 43.6 Å². The molecule has 1 aliphatic heterocycles. The molecule has 110 valence electrons. The summed E-state index contributed by atoms with van der Waals surface area (Å²) >= 11 is 0. The Morgan fingerprint density at radius 2 is 1.95 bits per heavy atom. The summed E-state index contributed by atoms with van der Waals surface area (Å²) in [7, 11) is 2.02. The lowest BCUT2D eigenvalue weighted by Gasteiger charge is -2.25. The first-order valence-electron chi connectivity index (χ1n) is 7.04. The predicted octanol–water partition coefficient (Wildman–Crippen LogP) is 2.11. The highest BCUT2D eigenvalue weighted by Crippen LogP contribution is 2.38. The normalized spacial score (nSPS) is 13.0. The summed E-state index contributed by atoms with van der Waals surface area (Å²) in [6, 6.07) is 9.73. The molecular formula is C16H19N3O2. The van der Waals surface area contributed by atoms with Crippen molar-refractivity contribution in [2.24, 2.45) is 0 Å². The fraction of sp³-hybridized carbons (Fsp3) is 0.312. The number of nitrogens with two attached hydrogens (primary N) is 1. The summed E-state index contributed by atoms with van der Waals surface area (Å²) in [6.07, 6.45) is 2.68. The fourth-order valence-corrected chi connectivity index (χ4v) is 2.37. The summed E-state index contributed by atoms with van der Waals surface area (Å²) < 4.78 is 11.1. The van der Waals surface area contributed by atoms with Gasteiger partial charge in [0.05, 0.1) is 11.4 Å². The van der Waals surface area contributed by atoms with Crippen molar-refractivity contribution < 1.29 is 9.47 Å². The van der Waals surface area contributed by atoms with Crippen molar-refractivity contribution in [2.75, 3.05) is 37.4 Å². The molecule has 21 heavy (non-hydrogen) atoms. The van der Waals surface area contributed by atoms with E-state index in [0.29, 0.717) is 18.9 Å². The Morgan fingerprint density at radius 1 is 1.19 bits per heavy atom. The van der Waals surface area contributed by atoms with Gasteiger partial charge in [-0.05, 0) is 12.1 Å². The fourth-order valence-electron chi connectivity index (χ4n) is 2.37. The molecule has 0 saturated carbocycles. The minimum absolute atomic E-state index is 0.571. The number of ether oxygens (including phenoxy) is 2. The second kappa shape index (κ2) is 5.91. The SMILES string of the molecule is CN(CCc1ccccn1)c1cc2c(cc1N)OCCO2. The first kappa shape index (κ1) is 13.5. The number of pyridine rings is 1. The smallest absolute Gasteiger partial charge is 0.163 e. The third kappa shape index (κ3) is 3.02. The van der Waals surface area contributed by atoms with Gasteiger partial charge >= 0.3 is 0 Å². The maximum atomic E-state index is 6.12. The number of fused-ring (bicyclic) bond motifs is 1. The van der Waals surface area contributed by atoms with Crippen LogP contribution in [0.25, 0.3) is 0 Å². The van der Waals surface area contributed by atoms with E-state index >= 15 is 0 Å². The van der Waals surface area contributed by atoms with Crippen LogP contribution in [0.15, 0.2) is 36.5 Å². The average molecular weight is 285 g/mol. The molecule has 0 fully saturated rings. The van der Waals surface area contributed by atoms with Crippen molar-refractivity contribution in [3.05, 3.63) is 42.2 Å². The summed E-state index contributed by atoms with van der Waals surface area (Å²) in [5.74, 6) is 1.48. The molecule has 0 amide bonds. The molecule has 0 atom stereocenters. The van der Waals surface area contributed by atoms with E-state index in [9.17, 15) is 0 Å². The van der Waals surface area contributed by atoms with Gasteiger partial charge in [0.2, 0.25) is 0 Å². The summed E-state index contributed by atoms with van der Waals surface area (Å²) in [6.45, 7) is 1.98. The molecule has 2 aromatic rings. The molecule has 0 spiro atoms. The van der Waals surface area contributed by atoms with E-state index in [1.165, 1.54) is 0 Å². The van der Waals surface area contributed by atoms with E-state index in [4.69, 9.17) is 15.2 Å². The molecule has 0 aliphatic carbocycles. The van der Waals surface area contributed by atoms with Crippen LogP contribution < -0.4 is 20.1 Å². The van der Waals surface area contributed by atoms with Crippen LogP contribution in [0.2, 0.25) is 0 Å². The standard InChI is InChI=1S/C16H19N3O2/c1-19(7-5-12-4-2-3-6-18-12)14-11-16-15(10-13(14)17)20-8-9-21-16/h2-4,6,10-11H,5,7-9,17H2,1H3. The molecule has 2 heterocycles. The van der Waals surface area contributed by atoms with Crippen molar-refractivity contribution >= 4 is 11.4 Å². The predicted molar refractivity (Wildman–Crippen MR) is 83.1 cm³/mol. The van der Waals surface area contributed by atoms with Gasteiger partial charge in [-0.3, -0.25) is 4.98 Å². The maximum Gasteiger partial charge on any atom is 0.163 e. The van der Waals surface area contributed by atoms with Crippen LogP contribution in [0.3, 0.4) is 0 Å². The van der Waals surface area contributed by atoms with Gasteiger partial charge in [-0.1, -0.05) is 6.07 Å². The van der Waals surface area contributed by atoms with E-state index in [-0.39, 0.29) is 0 Å². The monoisotopic (exact) mass is 285 g/mol. The van der Waals surface area contributed by atoms with Gasteiger partial charge in [-0.15, -0.1) is 0 Å². The van der Waals surface area contributed by atoms with E-state index < -0.39 is 0 Å². The lowest BCUT2D eigenvalue weighted by Crippen LogP contribution is -2.23. The van der Waals surface area contributed by atoms with Gasteiger partial charge in [0.15, 0.2) is 11.5 Å². The summed E-state index contributed by atoms with van der Waals surface area (Å²) in [5.41, 5.74) is 8.84. The number of rotatable bonds is 4. The second-order valence-corrected chi connectivity index (χ2v) is 5.05. The molecule has 1 aromatic heterocycles. The zero-order valence-corrected chi connectivity index (χ0v) is 12.1. The molecule has 0 unspecified atom stereocenters. The molecule has 0 bridgehead atoms. The Labute approximate surface area is 124 Å². The van der Waals surface area contributed by atoms with Gasteiger partial charge < -0.3 is 20.1 Å². The van der Waals surface area contributed by atoms with Gasteiger partial charge in [0.25, 0.3) is 0 Å². The van der Waals surface area contributed by atoms with Crippen LogP contribution >= 0.6 is 0 Å². The average Bonchev–Trinajstić information content (AvgIpc) is 2.53. The quantitative estimate of drug-likeness (QED) is 0.872. The molecule has 1 aromatic carbocycles. The van der Waals surface area contributed by atoms with Crippen molar-refractivity contribution in [1.29, 1.82) is 0 Å². The van der Waals surface area contributed by atoms with E-state index in [1.54, 1.807) is 0 Å². The van der Waals surface area contributed by atoms with Crippen LogP contribution in [-0.4, -0.2) is 31.8 Å². The number of hydrogen-bond acceptors (Lipinski definition) is 5. The molecular weight excluding hydrogens is 266 g/mol. The third-order valence-electron chi connectivity index (χ3n) is 3.53. The zero-order chi connectivity index (χ0) is 14.7. The van der Waals surface area contributed by atoms with Gasteiger partial charge in [0.1, 0.15) is 13.2 Å². The van der Waals surface area contributed by atoms with Crippen LogP contribution in [0.5, 0.6) is 11.5 Å². The number of benzene rings is 1. The summed E-state index contributed by atoms with van der Waals surface area (Å²) in [4.78, 5) is 6.45. The molecule has 0 saturated heterocycles. The third-order valence-corrected chi connectivity index (χ3v) is 3.53. The van der Waals surface area contributed by atoms with Crippen molar-refractivity contribution in [1.82, 2.24) is 4.98 Å². The van der Waals surface area contributed by atoms with Crippen molar-refractivity contribution in [2.45, 2.75) is 6.42 Å². The van der Waals surface area contributed by atoms with Crippen LogP contribution in [0, 0.1) is 0 Å². The highest BCUT2D eigenvalue weighted by atomic mass is 16.6. The van der Waals surface area contributed by atoms with E-state index in [0.717, 1.165) is 35.8 Å². The topological polar surface area (TPSA) is 60.6 Å². The highest BCUT2D eigenvalue weighted by molar-refractivity contribution is 5.73. The number of hydrogen-bond donors (Lipinski definition) is 1. The molecule has 5 heteroatoms. The first-order chi connectivity index (χ1) is 10.2. The Hall–Kier alpha value is -2.43. The largest absolute Gasteiger partial charge is 0.486 e. The Kier molecular flexibility index (Phi) is 3.81. The molecule has 0 radical (unpaired) electrons. The minimum atomic E-state index is 0.571. The Balaban J connectivity index is 1.73. The number of aromatic nitrogens is 1. The first-order valence-corrected chi connectivity index (χ1v) is 7.04. The Morgan fingerprint density at radius 3 is 2.67 bits per heavy atom. The molecule has 2 N–H and O–H groups in total. The van der Waals surface area contributed by atoms with Crippen molar-refractivity contribution in [3.8, 4) is 11.5 Å². The number of anilines is 2. The van der Waals surface area contributed by atoms with Gasteiger partial charge in [0, 0.05) is 44.0 Å². The summed E-state index contributed by atoms with van der Waals surface area (Å²) in [5, 5.41) is 0. The van der Waals surface area contributed by atoms with Crippen LogP contribution in [0.4, 0.5) is 11.4 Å². The Bertz CT molecular complexity index is 616. The van der Waals surface area contributed by atoms with Gasteiger partial charge in [-0.2, -0.15) is 0 Å². The minimum Gasteiger partial charge on any atom is -0.486 e. The lowest BCUT2D eigenvalue weighted by molar-refractivity contribution is 0.172. The number of likely N-dealkylation sites (N-methyl/N-ethyl adjacent to an activating group) is 1. The molecule has 5 nitrogen and oxygen atoms in total. The second-order valence-electron chi connectivity index (χ2n) is 5.05. The maximum absolute atomic E-state index is 6.12. The number of nitrogen functional groups attached to an aromatic ring is 1. The molecule has 1 aliphatic rings. The van der Waals surface area contributed by atoms with E-state index in [2.05, 4.69) is 9.88 Å². The lowest BCUT2D eigenvalue weighted by atomic mass is 10.2. The van der Waals surface area contributed by atoms with Crippen LogP contribution in [-0.2, 0) is 6.42 Å². The zero-order valence-electron chi connectivity index (χ0n) is 12.1. The highest BCUT2D eigenvalue weighted by Gasteiger charge is 2.16.